The highest BCUT2D eigenvalue weighted by atomic mass is 16.5. The third-order valence-electron chi connectivity index (χ3n) is 4.79. The first-order valence-electron chi connectivity index (χ1n) is 8.94. The van der Waals surface area contributed by atoms with E-state index in [2.05, 4.69) is 23.2 Å². The SMILES string of the molecule is Cc1cncc(C(=O)N2CCOCC(Cc3ccc4ccoc4c3)C2)c1. The van der Waals surface area contributed by atoms with Crippen LogP contribution in [0, 0.1) is 12.8 Å². The summed E-state index contributed by atoms with van der Waals surface area (Å²) in [6.07, 6.45) is 5.96. The lowest BCUT2D eigenvalue weighted by molar-refractivity contribution is 0.0737. The van der Waals surface area contributed by atoms with E-state index < -0.39 is 0 Å². The average Bonchev–Trinajstić information content (AvgIpc) is 2.99. The summed E-state index contributed by atoms with van der Waals surface area (Å²) >= 11 is 0. The van der Waals surface area contributed by atoms with Crippen LogP contribution in [0.25, 0.3) is 11.0 Å². The van der Waals surface area contributed by atoms with Gasteiger partial charge in [0, 0.05) is 36.8 Å². The summed E-state index contributed by atoms with van der Waals surface area (Å²) in [6.45, 7) is 4.47. The lowest BCUT2D eigenvalue weighted by atomic mass is 9.98. The Kier molecular flexibility index (Phi) is 4.71. The zero-order chi connectivity index (χ0) is 17.9. The van der Waals surface area contributed by atoms with Crippen molar-refractivity contribution in [3.8, 4) is 0 Å². The number of furan rings is 1. The second-order valence-electron chi connectivity index (χ2n) is 6.94. The number of benzene rings is 1. The molecular weight excluding hydrogens is 328 g/mol. The number of ether oxygens (including phenoxy) is 1. The summed E-state index contributed by atoms with van der Waals surface area (Å²) in [4.78, 5) is 18.9. The van der Waals surface area contributed by atoms with Gasteiger partial charge in [-0.05, 0) is 42.7 Å². The second-order valence-corrected chi connectivity index (χ2v) is 6.94. The molecule has 1 aliphatic rings. The van der Waals surface area contributed by atoms with Crippen molar-refractivity contribution in [1.82, 2.24) is 9.88 Å². The van der Waals surface area contributed by atoms with Crippen molar-refractivity contribution in [2.75, 3.05) is 26.3 Å². The number of carbonyl (C=O) groups is 1. The minimum atomic E-state index is 0.0261. The van der Waals surface area contributed by atoms with Crippen molar-refractivity contribution in [1.29, 1.82) is 0 Å². The molecule has 1 unspecified atom stereocenters. The third kappa shape index (κ3) is 3.63. The van der Waals surface area contributed by atoms with E-state index in [1.807, 2.05) is 24.0 Å². The first kappa shape index (κ1) is 16.8. The second kappa shape index (κ2) is 7.30. The number of amides is 1. The molecule has 0 aliphatic carbocycles. The molecule has 5 heteroatoms. The van der Waals surface area contributed by atoms with Gasteiger partial charge < -0.3 is 14.1 Å². The first-order chi connectivity index (χ1) is 12.7. The molecule has 0 bridgehead atoms. The standard InChI is InChI=1S/C21H22N2O3/c1-15-8-19(12-22-11-15)21(24)23-5-7-25-14-17(13-23)9-16-2-3-18-4-6-26-20(18)10-16/h2-4,6,8,10-12,17H,5,7,9,13-14H2,1H3. The Balaban J connectivity index is 1.49. The highest BCUT2D eigenvalue weighted by molar-refractivity contribution is 5.94. The molecule has 4 rings (SSSR count). The zero-order valence-corrected chi connectivity index (χ0v) is 14.9. The molecule has 3 heterocycles. The largest absolute Gasteiger partial charge is 0.464 e. The van der Waals surface area contributed by atoms with E-state index in [4.69, 9.17) is 9.15 Å². The smallest absolute Gasteiger partial charge is 0.255 e. The Morgan fingerprint density at radius 1 is 1.27 bits per heavy atom. The van der Waals surface area contributed by atoms with Crippen LogP contribution in [0.15, 0.2) is 53.4 Å². The number of fused-ring (bicyclic) bond motifs is 1. The van der Waals surface area contributed by atoms with Crippen molar-refractivity contribution in [3.05, 3.63) is 65.7 Å². The van der Waals surface area contributed by atoms with Crippen molar-refractivity contribution in [2.45, 2.75) is 13.3 Å². The molecular formula is C21H22N2O3. The van der Waals surface area contributed by atoms with Crippen molar-refractivity contribution >= 4 is 16.9 Å². The van der Waals surface area contributed by atoms with Gasteiger partial charge in [-0.3, -0.25) is 9.78 Å². The van der Waals surface area contributed by atoms with Gasteiger partial charge in [-0.2, -0.15) is 0 Å². The number of aryl methyl sites for hydroxylation is 1. The minimum Gasteiger partial charge on any atom is -0.464 e. The highest BCUT2D eigenvalue weighted by Crippen LogP contribution is 2.21. The molecule has 1 amide bonds. The zero-order valence-electron chi connectivity index (χ0n) is 14.9. The van der Waals surface area contributed by atoms with Crippen LogP contribution in [0.4, 0.5) is 0 Å². The summed E-state index contributed by atoms with van der Waals surface area (Å²) in [7, 11) is 0. The molecule has 1 saturated heterocycles. The quantitative estimate of drug-likeness (QED) is 0.726. The van der Waals surface area contributed by atoms with Gasteiger partial charge in [0.25, 0.3) is 5.91 Å². The first-order valence-corrected chi connectivity index (χ1v) is 8.94. The summed E-state index contributed by atoms with van der Waals surface area (Å²) in [6, 6.07) is 10.1. The van der Waals surface area contributed by atoms with E-state index in [1.165, 1.54) is 5.56 Å². The van der Waals surface area contributed by atoms with E-state index in [9.17, 15) is 4.79 Å². The van der Waals surface area contributed by atoms with Crippen LogP contribution in [0.5, 0.6) is 0 Å². The molecule has 26 heavy (non-hydrogen) atoms. The van der Waals surface area contributed by atoms with Crippen LogP contribution < -0.4 is 0 Å². The Hall–Kier alpha value is -2.66. The average molecular weight is 350 g/mol. The third-order valence-corrected chi connectivity index (χ3v) is 4.79. The molecule has 1 aromatic carbocycles. The lowest BCUT2D eigenvalue weighted by Crippen LogP contribution is -2.36. The van der Waals surface area contributed by atoms with Gasteiger partial charge in [0.15, 0.2) is 0 Å². The molecule has 1 atom stereocenters. The van der Waals surface area contributed by atoms with Crippen molar-refractivity contribution in [3.63, 3.8) is 0 Å². The Morgan fingerprint density at radius 2 is 2.19 bits per heavy atom. The van der Waals surface area contributed by atoms with E-state index in [-0.39, 0.29) is 11.8 Å². The molecule has 2 aromatic heterocycles. The number of hydrogen-bond acceptors (Lipinski definition) is 4. The number of carbonyl (C=O) groups excluding carboxylic acids is 1. The minimum absolute atomic E-state index is 0.0261. The van der Waals surface area contributed by atoms with E-state index in [0.29, 0.717) is 31.9 Å². The molecule has 1 aliphatic heterocycles. The number of pyridine rings is 1. The normalized spacial score (nSPS) is 18.0. The fourth-order valence-electron chi connectivity index (χ4n) is 3.50. The molecule has 0 saturated carbocycles. The van der Waals surface area contributed by atoms with Gasteiger partial charge in [-0.1, -0.05) is 12.1 Å². The molecule has 1 fully saturated rings. The summed E-state index contributed by atoms with van der Waals surface area (Å²) in [5, 5.41) is 1.11. The Labute approximate surface area is 152 Å². The maximum absolute atomic E-state index is 12.9. The number of nitrogens with zero attached hydrogens (tertiary/aromatic N) is 2. The Bertz CT molecular complexity index is 918. The van der Waals surface area contributed by atoms with Crippen molar-refractivity contribution < 1.29 is 13.9 Å². The van der Waals surface area contributed by atoms with Crippen LogP contribution in [-0.2, 0) is 11.2 Å². The van der Waals surface area contributed by atoms with Gasteiger partial charge >= 0.3 is 0 Å². The fourth-order valence-corrected chi connectivity index (χ4v) is 3.50. The van der Waals surface area contributed by atoms with Crippen LogP contribution in [0.2, 0.25) is 0 Å². The fraction of sp³-hybridized carbons (Fsp3) is 0.333. The van der Waals surface area contributed by atoms with E-state index in [1.54, 1.807) is 18.7 Å². The monoisotopic (exact) mass is 350 g/mol. The topological polar surface area (TPSA) is 55.6 Å². The van der Waals surface area contributed by atoms with Crippen LogP contribution in [0.1, 0.15) is 21.5 Å². The number of hydrogen-bond donors (Lipinski definition) is 0. The van der Waals surface area contributed by atoms with Crippen molar-refractivity contribution in [2.24, 2.45) is 5.92 Å². The summed E-state index contributed by atoms with van der Waals surface area (Å²) in [5.41, 5.74) is 3.73. The molecule has 0 N–H and O–H groups in total. The molecule has 0 radical (unpaired) electrons. The molecule has 0 spiro atoms. The van der Waals surface area contributed by atoms with Crippen LogP contribution in [0.3, 0.4) is 0 Å². The number of rotatable bonds is 3. The number of aromatic nitrogens is 1. The van der Waals surface area contributed by atoms with E-state index >= 15 is 0 Å². The highest BCUT2D eigenvalue weighted by Gasteiger charge is 2.24. The van der Waals surface area contributed by atoms with Crippen LogP contribution in [-0.4, -0.2) is 42.1 Å². The van der Waals surface area contributed by atoms with Gasteiger partial charge in [0.2, 0.25) is 0 Å². The molecule has 134 valence electrons. The van der Waals surface area contributed by atoms with E-state index in [0.717, 1.165) is 23.0 Å². The predicted molar refractivity (Wildman–Crippen MR) is 99.1 cm³/mol. The predicted octanol–water partition coefficient (Wildman–Crippen LogP) is 3.47. The van der Waals surface area contributed by atoms with Gasteiger partial charge in [0.05, 0.1) is 25.0 Å². The summed E-state index contributed by atoms with van der Waals surface area (Å²) < 4.78 is 11.3. The van der Waals surface area contributed by atoms with Crippen LogP contribution >= 0.6 is 0 Å². The maximum Gasteiger partial charge on any atom is 0.255 e. The van der Waals surface area contributed by atoms with Gasteiger partial charge in [-0.25, -0.2) is 0 Å². The molecule has 3 aromatic rings. The van der Waals surface area contributed by atoms with Gasteiger partial charge in [-0.15, -0.1) is 0 Å². The molecule has 5 nitrogen and oxygen atoms in total. The maximum atomic E-state index is 12.9. The Morgan fingerprint density at radius 3 is 3.08 bits per heavy atom. The lowest BCUT2D eigenvalue weighted by Gasteiger charge is -2.24. The van der Waals surface area contributed by atoms with Gasteiger partial charge in [0.1, 0.15) is 5.58 Å². The summed E-state index contributed by atoms with van der Waals surface area (Å²) in [5.74, 6) is 0.282.